The van der Waals surface area contributed by atoms with Crippen molar-refractivity contribution in [2.75, 3.05) is 29.9 Å². The van der Waals surface area contributed by atoms with Crippen LogP contribution < -0.4 is 10.2 Å². The summed E-state index contributed by atoms with van der Waals surface area (Å²) in [5.74, 6) is 2.50. The van der Waals surface area contributed by atoms with E-state index < -0.39 is 0 Å². The average molecular weight is 370 g/mol. The van der Waals surface area contributed by atoms with Gasteiger partial charge in [-0.15, -0.1) is 0 Å². The Kier molecular flexibility index (Phi) is 4.72. The Morgan fingerprint density at radius 2 is 2.15 bits per heavy atom. The van der Waals surface area contributed by atoms with E-state index in [1.807, 2.05) is 31.7 Å². The number of aromatic nitrogens is 3. The van der Waals surface area contributed by atoms with Crippen molar-refractivity contribution in [1.29, 1.82) is 0 Å². The fourth-order valence-corrected chi connectivity index (χ4v) is 4.09. The number of nitrogens with one attached hydrogen (secondary N) is 1. The molecule has 2 aromatic rings. The van der Waals surface area contributed by atoms with E-state index in [4.69, 9.17) is 4.52 Å². The van der Waals surface area contributed by atoms with Crippen LogP contribution in [0, 0.1) is 19.8 Å². The summed E-state index contributed by atoms with van der Waals surface area (Å²) in [6.07, 6.45) is 3.70. The molecule has 1 N–H and O–H groups in total. The van der Waals surface area contributed by atoms with Crippen molar-refractivity contribution in [2.45, 2.75) is 46.2 Å². The minimum absolute atomic E-state index is 0.0180. The molecule has 0 aliphatic carbocycles. The van der Waals surface area contributed by atoms with Gasteiger partial charge in [0.2, 0.25) is 11.9 Å². The minimum atomic E-state index is -0.0180. The smallest absolute Gasteiger partial charge is 0.228 e. The van der Waals surface area contributed by atoms with Crippen molar-refractivity contribution in [3.63, 3.8) is 0 Å². The number of piperidine rings is 1. The molecule has 5 heterocycles. The molecule has 3 fully saturated rings. The molecule has 0 saturated carbocycles. The lowest BCUT2D eigenvalue weighted by molar-refractivity contribution is -0.140. The van der Waals surface area contributed by atoms with Crippen LogP contribution in [0.5, 0.6) is 0 Å². The highest BCUT2D eigenvalue weighted by atomic mass is 16.5. The van der Waals surface area contributed by atoms with Gasteiger partial charge in [-0.25, -0.2) is 4.98 Å². The van der Waals surface area contributed by atoms with E-state index in [-0.39, 0.29) is 17.9 Å². The molecule has 0 aromatic carbocycles. The van der Waals surface area contributed by atoms with Gasteiger partial charge in [-0.3, -0.25) is 4.79 Å². The van der Waals surface area contributed by atoms with Crippen LogP contribution in [0.2, 0.25) is 0 Å². The van der Waals surface area contributed by atoms with Crippen molar-refractivity contribution >= 4 is 17.7 Å². The zero-order valence-electron chi connectivity index (χ0n) is 16.1. The molecule has 3 saturated heterocycles. The van der Waals surface area contributed by atoms with Crippen LogP contribution >= 0.6 is 0 Å². The minimum Gasteiger partial charge on any atom is -0.370 e. The van der Waals surface area contributed by atoms with Gasteiger partial charge in [0, 0.05) is 37.4 Å². The van der Waals surface area contributed by atoms with Gasteiger partial charge in [-0.05, 0) is 39.7 Å². The first-order chi connectivity index (χ1) is 13.1. The highest BCUT2D eigenvalue weighted by molar-refractivity contribution is 5.81. The van der Waals surface area contributed by atoms with E-state index in [0.29, 0.717) is 19.0 Å². The first kappa shape index (κ1) is 17.8. The lowest BCUT2D eigenvalue weighted by Gasteiger charge is -2.35. The molecule has 0 radical (unpaired) electrons. The quantitative estimate of drug-likeness (QED) is 0.863. The van der Waals surface area contributed by atoms with E-state index in [9.17, 15) is 4.79 Å². The Morgan fingerprint density at radius 1 is 1.30 bits per heavy atom. The number of fused-ring (bicyclic) bond motifs is 4. The predicted molar refractivity (Wildman–Crippen MR) is 101 cm³/mol. The number of carbonyl (C=O) groups excluding carboxylic acids is 1. The van der Waals surface area contributed by atoms with Crippen LogP contribution in [0.15, 0.2) is 16.8 Å². The predicted octanol–water partition coefficient (Wildman–Crippen LogP) is 2.14. The molecule has 8 heteroatoms. The zero-order chi connectivity index (χ0) is 19.0. The first-order valence-corrected chi connectivity index (χ1v) is 9.61. The van der Waals surface area contributed by atoms with Crippen LogP contribution in [0.25, 0.3) is 0 Å². The number of nitrogens with zero attached hydrogens (tertiary/aromatic N) is 5. The molecular formula is C19H26N6O2. The molecule has 1 amide bonds. The third-order valence-electron chi connectivity index (χ3n) is 5.59. The number of hydrogen-bond acceptors (Lipinski definition) is 7. The molecule has 2 aromatic heterocycles. The summed E-state index contributed by atoms with van der Waals surface area (Å²) in [4.78, 5) is 26.4. The number of anilines is 2. The van der Waals surface area contributed by atoms with Crippen LogP contribution in [0.4, 0.5) is 11.8 Å². The van der Waals surface area contributed by atoms with Gasteiger partial charge in [0.1, 0.15) is 11.6 Å². The van der Waals surface area contributed by atoms with Gasteiger partial charge in [0.15, 0.2) is 0 Å². The highest BCUT2D eigenvalue weighted by Gasteiger charge is 2.41. The summed E-state index contributed by atoms with van der Waals surface area (Å²) in [5.41, 5.74) is 1.88. The molecule has 3 aliphatic rings. The number of aryl methyl sites for hydroxylation is 2. The number of hydrogen-bond donors (Lipinski definition) is 1. The molecule has 8 nitrogen and oxygen atoms in total. The van der Waals surface area contributed by atoms with E-state index in [1.165, 1.54) is 0 Å². The van der Waals surface area contributed by atoms with Gasteiger partial charge in [-0.1, -0.05) is 5.16 Å². The normalized spacial score (nSPS) is 22.3. The van der Waals surface area contributed by atoms with Gasteiger partial charge < -0.3 is 19.6 Å². The number of rotatable bonds is 5. The van der Waals surface area contributed by atoms with E-state index in [0.717, 1.165) is 48.8 Å². The standard InChI is InChI=1S/C19H26N6O2/c1-4-20-17-7-8-21-19(22-17)24-9-14-5-6-15(10-24)25(18(14)26)11-16-12(2)23-27-13(16)3/h7-8,14-15H,4-6,9-11H2,1-3H3,(H,20,21,22)/t14-,15+/m1/s1. The highest BCUT2D eigenvalue weighted by Crippen LogP contribution is 2.32. The Labute approximate surface area is 158 Å². The van der Waals surface area contributed by atoms with Gasteiger partial charge >= 0.3 is 0 Å². The number of amides is 1. The molecule has 144 valence electrons. The Hall–Kier alpha value is -2.64. The Morgan fingerprint density at radius 3 is 2.89 bits per heavy atom. The fourth-order valence-electron chi connectivity index (χ4n) is 4.09. The van der Waals surface area contributed by atoms with Crippen LogP contribution in [-0.4, -0.2) is 51.6 Å². The summed E-state index contributed by atoms with van der Waals surface area (Å²) in [6.45, 7) is 8.67. The summed E-state index contributed by atoms with van der Waals surface area (Å²) in [6, 6.07) is 2.02. The van der Waals surface area contributed by atoms with Crippen molar-refractivity contribution in [1.82, 2.24) is 20.0 Å². The van der Waals surface area contributed by atoms with Crippen LogP contribution in [-0.2, 0) is 11.3 Å². The Bertz CT molecular complexity index is 816. The Balaban J connectivity index is 1.58. The monoisotopic (exact) mass is 370 g/mol. The third kappa shape index (κ3) is 3.36. The largest absolute Gasteiger partial charge is 0.370 e. The third-order valence-corrected chi connectivity index (χ3v) is 5.59. The molecule has 27 heavy (non-hydrogen) atoms. The van der Waals surface area contributed by atoms with Crippen LogP contribution in [0.3, 0.4) is 0 Å². The average Bonchev–Trinajstić information content (AvgIpc) is 2.84. The molecule has 0 unspecified atom stereocenters. The SMILES string of the molecule is CCNc1ccnc(N2C[C@H]3CC[C@@H](C2)N(Cc2c(C)noc2C)C3=O)n1. The topological polar surface area (TPSA) is 87.4 Å². The van der Waals surface area contributed by atoms with Gasteiger partial charge in [0.05, 0.1) is 18.2 Å². The van der Waals surface area contributed by atoms with E-state index >= 15 is 0 Å². The second kappa shape index (κ2) is 7.17. The summed E-state index contributed by atoms with van der Waals surface area (Å²) in [5, 5.41) is 7.26. The van der Waals surface area contributed by atoms with E-state index in [2.05, 4.69) is 25.3 Å². The fraction of sp³-hybridized carbons (Fsp3) is 0.579. The second-order valence-electron chi connectivity index (χ2n) is 7.37. The van der Waals surface area contributed by atoms with Crippen molar-refractivity contribution in [3.05, 3.63) is 29.3 Å². The number of carbonyl (C=O) groups is 1. The maximum absolute atomic E-state index is 13.1. The maximum atomic E-state index is 13.1. The van der Waals surface area contributed by atoms with Gasteiger partial charge in [-0.2, -0.15) is 4.98 Å². The second-order valence-corrected chi connectivity index (χ2v) is 7.37. The zero-order valence-corrected chi connectivity index (χ0v) is 16.1. The lowest BCUT2D eigenvalue weighted by Crippen LogP contribution is -2.47. The maximum Gasteiger partial charge on any atom is 0.228 e. The summed E-state index contributed by atoms with van der Waals surface area (Å²) < 4.78 is 5.28. The molecule has 2 atom stereocenters. The summed E-state index contributed by atoms with van der Waals surface area (Å²) in [7, 11) is 0. The van der Waals surface area contributed by atoms with Gasteiger partial charge in [0.25, 0.3) is 0 Å². The molecule has 2 bridgehead atoms. The van der Waals surface area contributed by atoms with Crippen molar-refractivity contribution in [3.8, 4) is 0 Å². The molecular weight excluding hydrogens is 344 g/mol. The van der Waals surface area contributed by atoms with Crippen LogP contribution in [0.1, 0.15) is 36.8 Å². The van der Waals surface area contributed by atoms with E-state index in [1.54, 1.807) is 6.20 Å². The molecule has 0 spiro atoms. The molecule has 3 aliphatic heterocycles. The summed E-state index contributed by atoms with van der Waals surface area (Å²) >= 11 is 0. The van der Waals surface area contributed by atoms with Crippen molar-refractivity contribution in [2.24, 2.45) is 5.92 Å². The first-order valence-electron chi connectivity index (χ1n) is 9.61. The van der Waals surface area contributed by atoms with Crippen molar-refractivity contribution < 1.29 is 9.32 Å². The lowest BCUT2D eigenvalue weighted by atomic mass is 9.93. The molecule has 5 rings (SSSR count).